The molecule has 0 N–H and O–H groups in total. The van der Waals surface area contributed by atoms with Crippen LogP contribution < -0.4 is 0 Å². The maximum absolute atomic E-state index is 4.77. The van der Waals surface area contributed by atoms with Crippen molar-refractivity contribution in [3.05, 3.63) is 59.7 Å². The maximum atomic E-state index is 4.77. The topological polar surface area (TPSA) is 12.4 Å². The van der Waals surface area contributed by atoms with Crippen molar-refractivity contribution in [1.29, 1.82) is 0 Å². The van der Waals surface area contributed by atoms with Gasteiger partial charge in [-0.25, -0.2) is 4.99 Å². The largest absolute Gasteiger partial charge is 0.229 e. The number of aliphatic imine (C=N–C) groups is 1. The highest BCUT2D eigenvalue weighted by Gasteiger charge is 2.23. The molecule has 2 fully saturated rings. The third kappa shape index (κ3) is 6.87. The number of unbranched alkanes of at least 4 members (excludes halogenated alkanes) is 3. The molecule has 0 spiro atoms. The molecule has 0 aromatic heterocycles. The second kappa shape index (κ2) is 12.6. The van der Waals surface area contributed by atoms with Gasteiger partial charge in [-0.3, -0.25) is 0 Å². The molecule has 0 bridgehead atoms. The molecule has 0 unspecified atom stereocenters. The lowest BCUT2D eigenvalue weighted by molar-refractivity contribution is 0.302. The summed E-state index contributed by atoms with van der Waals surface area (Å²) in [4.78, 5) is 4.29. The fourth-order valence-corrected chi connectivity index (χ4v) is 6.30. The normalized spacial score (nSPS) is 25.4. The lowest BCUT2D eigenvalue weighted by atomic mass is 9.77. The molecule has 2 heteroatoms. The first-order valence-corrected chi connectivity index (χ1v) is 13.9. The molecule has 2 aliphatic carbocycles. The van der Waals surface area contributed by atoms with Gasteiger partial charge in [-0.1, -0.05) is 87.6 Å². The van der Waals surface area contributed by atoms with Crippen molar-refractivity contribution in [2.75, 3.05) is 0 Å². The summed E-state index contributed by atoms with van der Waals surface area (Å²) in [6, 6.07) is 19.2. The summed E-state index contributed by atoms with van der Waals surface area (Å²) < 4.78 is 0. The Balaban J connectivity index is 1.28. The summed E-state index contributed by atoms with van der Waals surface area (Å²) in [5.41, 5.74) is 5.70. The predicted octanol–water partition coefficient (Wildman–Crippen LogP) is 9.73. The Labute approximate surface area is 207 Å². The van der Waals surface area contributed by atoms with Crippen LogP contribution in [0, 0.1) is 5.92 Å². The highest BCUT2D eigenvalue weighted by atomic mass is 32.1. The third-order valence-electron chi connectivity index (χ3n) is 8.34. The fourth-order valence-electron chi connectivity index (χ4n) is 6.15. The lowest BCUT2D eigenvalue weighted by Crippen LogP contribution is -2.15. The van der Waals surface area contributed by atoms with Crippen LogP contribution in [0.4, 0.5) is 0 Å². The van der Waals surface area contributed by atoms with Crippen LogP contribution in [-0.4, -0.2) is 11.2 Å². The van der Waals surface area contributed by atoms with Gasteiger partial charge in [0.25, 0.3) is 0 Å². The van der Waals surface area contributed by atoms with Crippen LogP contribution >= 0.6 is 12.2 Å². The molecule has 0 saturated heterocycles. The molecule has 0 heterocycles. The van der Waals surface area contributed by atoms with Crippen molar-refractivity contribution >= 4 is 17.4 Å². The van der Waals surface area contributed by atoms with Gasteiger partial charge in [-0.2, -0.15) is 0 Å². The van der Waals surface area contributed by atoms with Gasteiger partial charge in [-0.15, -0.1) is 0 Å². The molecule has 2 aromatic rings. The number of rotatable bonds is 9. The molecule has 2 aliphatic rings. The second-order valence-electron chi connectivity index (χ2n) is 10.5. The minimum Gasteiger partial charge on any atom is -0.229 e. The number of thiocarbonyl (C=S) groups is 1. The first-order valence-electron chi connectivity index (χ1n) is 13.5. The van der Waals surface area contributed by atoms with Crippen molar-refractivity contribution in [3.8, 4) is 11.1 Å². The summed E-state index contributed by atoms with van der Waals surface area (Å²) >= 11 is 4.77. The van der Waals surface area contributed by atoms with Gasteiger partial charge in [0.1, 0.15) is 0 Å². The highest BCUT2D eigenvalue weighted by molar-refractivity contribution is 7.78. The van der Waals surface area contributed by atoms with Gasteiger partial charge < -0.3 is 0 Å². The molecule has 4 rings (SSSR count). The van der Waals surface area contributed by atoms with Gasteiger partial charge in [0.15, 0.2) is 0 Å². The van der Waals surface area contributed by atoms with E-state index in [2.05, 4.69) is 65.6 Å². The van der Waals surface area contributed by atoms with Crippen LogP contribution in [0.3, 0.4) is 0 Å². The van der Waals surface area contributed by atoms with Gasteiger partial charge >= 0.3 is 0 Å². The third-order valence-corrected chi connectivity index (χ3v) is 8.45. The van der Waals surface area contributed by atoms with E-state index in [1.807, 2.05) is 0 Å². The quantitative estimate of drug-likeness (QED) is 0.206. The van der Waals surface area contributed by atoms with E-state index in [0.717, 1.165) is 24.7 Å². The Morgan fingerprint density at radius 3 is 1.70 bits per heavy atom. The number of benzene rings is 2. The first kappa shape index (κ1) is 24.4. The summed E-state index contributed by atoms with van der Waals surface area (Å²) in [5, 5.41) is 2.56. The monoisotopic (exact) mass is 459 g/mol. The van der Waals surface area contributed by atoms with Crippen LogP contribution in [0.15, 0.2) is 53.5 Å². The van der Waals surface area contributed by atoms with E-state index >= 15 is 0 Å². The predicted molar refractivity (Wildman–Crippen MR) is 145 cm³/mol. The smallest absolute Gasteiger partial charge is 0.0603 e. The van der Waals surface area contributed by atoms with E-state index in [0.29, 0.717) is 12.0 Å². The minimum absolute atomic E-state index is 0.400. The molecule has 2 aromatic carbocycles. The lowest BCUT2D eigenvalue weighted by Gasteiger charge is -2.29. The molecule has 1 nitrogen and oxygen atoms in total. The average Bonchev–Trinajstić information content (AvgIpc) is 2.88. The zero-order valence-electron chi connectivity index (χ0n) is 20.5. The summed E-state index contributed by atoms with van der Waals surface area (Å²) in [6.45, 7) is 2.30. The summed E-state index contributed by atoms with van der Waals surface area (Å²) in [7, 11) is 0. The van der Waals surface area contributed by atoms with Crippen LogP contribution in [0.5, 0.6) is 0 Å². The van der Waals surface area contributed by atoms with E-state index in [4.69, 9.17) is 12.2 Å². The van der Waals surface area contributed by atoms with Crippen molar-refractivity contribution in [1.82, 2.24) is 0 Å². The van der Waals surface area contributed by atoms with Crippen LogP contribution in [0.2, 0.25) is 0 Å². The van der Waals surface area contributed by atoms with Crippen LogP contribution in [0.25, 0.3) is 11.1 Å². The van der Waals surface area contributed by atoms with E-state index in [9.17, 15) is 0 Å². The second-order valence-corrected chi connectivity index (χ2v) is 10.7. The molecule has 0 amide bonds. The van der Waals surface area contributed by atoms with Crippen molar-refractivity contribution in [2.24, 2.45) is 10.9 Å². The van der Waals surface area contributed by atoms with Crippen LogP contribution in [-0.2, 0) is 0 Å². The maximum Gasteiger partial charge on any atom is 0.0603 e. The molecule has 33 heavy (non-hydrogen) atoms. The molecular formula is C31H41NS. The van der Waals surface area contributed by atoms with Gasteiger partial charge in [0, 0.05) is 0 Å². The fraction of sp³-hybridized carbons (Fsp3) is 0.581. The molecular weight excluding hydrogens is 418 g/mol. The Hall–Kier alpha value is -1.76. The van der Waals surface area contributed by atoms with Gasteiger partial charge in [0.05, 0.1) is 11.2 Å². The molecule has 0 aliphatic heterocycles. The molecule has 176 valence electrons. The number of hydrogen-bond donors (Lipinski definition) is 0. The van der Waals surface area contributed by atoms with E-state index in [1.165, 1.54) is 87.3 Å². The highest BCUT2D eigenvalue weighted by Crippen LogP contribution is 2.39. The Kier molecular flexibility index (Phi) is 9.33. The summed E-state index contributed by atoms with van der Waals surface area (Å²) in [6.07, 6.45) is 17.4. The van der Waals surface area contributed by atoms with Crippen molar-refractivity contribution in [2.45, 2.75) is 108 Å². The molecule has 0 radical (unpaired) electrons. The standard InChI is InChI=1S/C31H41NS/c1-2-3-4-5-6-24-7-9-25(10-8-24)26-11-13-27(14-12-26)28-15-17-29(18-16-28)30-19-21-31(22-20-30)32-23-33/h11-18,24-25,30-31H,2-10,19-22H2,1H3. The van der Waals surface area contributed by atoms with Crippen molar-refractivity contribution < 1.29 is 0 Å². The Bertz CT molecular complexity index is 878. The average molecular weight is 460 g/mol. The number of hydrogen-bond acceptors (Lipinski definition) is 2. The van der Waals surface area contributed by atoms with E-state index < -0.39 is 0 Å². The summed E-state index contributed by atoms with van der Waals surface area (Å²) in [5.74, 6) is 2.42. The first-order chi connectivity index (χ1) is 16.3. The zero-order chi connectivity index (χ0) is 22.9. The minimum atomic E-state index is 0.400. The van der Waals surface area contributed by atoms with E-state index in [1.54, 1.807) is 5.56 Å². The number of isothiocyanates is 1. The number of nitrogens with zero attached hydrogens (tertiary/aromatic N) is 1. The van der Waals surface area contributed by atoms with Gasteiger partial charge in [0.2, 0.25) is 0 Å². The molecule has 0 atom stereocenters. The SMILES string of the molecule is CCCCCCC1CCC(c2ccc(-c3ccc(C4CCC(N=C=S)CC4)cc3)cc2)CC1. The van der Waals surface area contributed by atoms with Gasteiger partial charge in [-0.05, 0) is 104 Å². The Morgan fingerprint density at radius 1 is 0.697 bits per heavy atom. The van der Waals surface area contributed by atoms with E-state index in [-0.39, 0.29) is 0 Å². The molecule has 2 saturated carbocycles. The van der Waals surface area contributed by atoms with Crippen molar-refractivity contribution in [3.63, 3.8) is 0 Å². The Morgan fingerprint density at radius 2 is 1.21 bits per heavy atom. The zero-order valence-corrected chi connectivity index (χ0v) is 21.3. The van der Waals surface area contributed by atoms with Crippen LogP contribution in [0.1, 0.15) is 113 Å².